The van der Waals surface area contributed by atoms with E-state index >= 15 is 0 Å². The third-order valence-electron chi connectivity index (χ3n) is 2.47. The van der Waals surface area contributed by atoms with Crippen LogP contribution < -0.4 is 5.73 Å². The number of nitrogens with zero attached hydrogens (tertiary/aromatic N) is 2. The molecule has 0 aromatic carbocycles. The predicted octanol–water partition coefficient (Wildman–Crippen LogP) is 1.25. The van der Waals surface area contributed by atoms with Gasteiger partial charge in [0.1, 0.15) is 5.82 Å². The largest absolute Gasteiger partial charge is 0.395 e. The normalized spacial score (nSPS) is 10.7. The van der Waals surface area contributed by atoms with Crippen LogP contribution in [-0.4, -0.2) is 21.3 Å². The molecule has 3 N–H and O–H groups in total. The van der Waals surface area contributed by atoms with Crippen molar-refractivity contribution in [3.63, 3.8) is 0 Å². The summed E-state index contributed by atoms with van der Waals surface area (Å²) in [7, 11) is 0. The molecule has 0 unspecified atom stereocenters. The van der Waals surface area contributed by atoms with E-state index in [1.165, 1.54) is 0 Å². The fraction of sp³-hybridized carbons (Fsp3) is 0.182. The zero-order chi connectivity index (χ0) is 10.8. The number of anilines is 1. The van der Waals surface area contributed by atoms with Gasteiger partial charge in [-0.1, -0.05) is 12.7 Å². The summed E-state index contributed by atoms with van der Waals surface area (Å²) in [5, 5.41) is 9.94. The quantitative estimate of drug-likeness (QED) is 0.789. The molecule has 0 fully saturated rings. The van der Waals surface area contributed by atoms with Gasteiger partial charge in [0.05, 0.1) is 12.1 Å². The molecule has 2 aromatic rings. The van der Waals surface area contributed by atoms with Gasteiger partial charge in [-0.2, -0.15) is 0 Å². The van der Waals surface area contributed by atoms with Gasteiger partial charge >= 0.3 is 0 Å². The maximum absolute atomic E-state index is 8.97. The highest BCUT2D eigenvalue weighted by Gasteiger charge is 2.11. The molecule has 2 rings (SSSR count). The summed E-state index contributed by atoms with van der Waals surface area (Å²) in [6.07, 6.45) is 5.19. The van der Waals surface area contributed by atoms with Crippen LogP contribution in [0.25, 0.3) is 17.0 Å². The third kappa shape index (κ3) is 1.39. The molecule has 2 aromatic heterocycles. The van der Waals surface area contributed by atoms with Crippen LogP contribution in [0.4, 0.5) is 5.82 Å². The fourth-order valence-corrected chi connectivity index (χ4v) is 1.80. The van der Waals surface area contributed by atoms with E-state index in [-0.39, 0.29) is 6.61 Å². The molecule has 0 radical (unpaired) electrons. The first kappa shape index (κ1) is 9.73. The lowest BCUT2D eigenvalue weighted by molar-refractivity contribution is 0.279. The second-order valence-electron chi connectivity index (χ2n) is 3.27. The van der Waals surface area contributed by atoms with Gasteiger partial charge in [0.15, 0.2) is 0 Å². The smallest absolute Gasteiger partial charge is 0.111 e. The van der Waals surface area contributed by atoms with E-state index in [2.05, 4.69) is 11.6 Å². The molecule has 0 spiro atoms. The van der Waals surface area contributed by atoms with Crippen LogP contribution in [-0.2, 0) is 6.54 Å². The van der Waals surface area contributed by atoms with Gasteiger partial charge in [-0.25, -0.2) is 0 Å². The summed E-state index contributed by atoms with van der Waals surface area (Å²) >= 11 is 0. The van der Waals surface area contributed by atoms with Crippen LogP contribution in [0.15, 0.2) is 25.0 Å². The van der Waals surface area contributed by atoms with Crippen molar-refractivity contribution < 1.29 is 5.11 Å². The number of hydrogen-bond donors (Lipinski definition) is 2. The minimum absolute atomic E-state index is 0.0624. The van der Waals surface area contributed by atoms with E-state index in [4.69, 9.17) is 10.8 Å². The van der Waals surface area contributed by atoms with Crippen molar-refractivity contribution in [2.75, 3.05) is 12.3 Å². The van der Waals surface area contributed by atoms with Gasteiger partial charge in [0.25, 0.3) is 0 Å². The van der Waals surface area contributed by atoms with Crippen molar-refractivity contribution in [1.82, 2.24) is 9.55 Å². The van der Waals surface area contributed by atoms with Gasteiger partial charge in [0, 0.05) is 29.9 Å². The zero-order valence-electron chi connectivity index (χ0n) is 8.35. The Morgan fingerprint density at radius 3 is 3.07 bits per heavy atom. The van der Waals surface area contributed by atoms with Crippen molar-refractivity contribution in [2.24, 2.45) is 0 Å². The monoisotopic (exact) mass is 203 g/mol. The number of hydrogen-bond acceptors (Lipinski definition) is 3. The molecule has 15 heavy (non-hydrogen) atoms. The highest BCUT2D eigenvalue weighted by Crippen LogP contribution is 2.28. The number of aliphatic hydroxyl groups excluding tert-OH is 1. The minimum Gasteiger partial charge on any atom is -0.395 e. The SMILES string of the molecule is C=Cc1c(N)n(CCO)c2ccncc12. The van der Waals surface area contributed by atoms with E-state index in [1.54, 1.807) is 18.5 Å². The number of nitrogens with two attached hydrogens (primary N) is 1. The van der Waals surface area contributed by atoms with E-state index < -0.39 is 0 Å². The number of nitrogen functional groups attached to an aromatic ring is 1. The predicted molar refractivity (Wildman–Crippen MR) is 61.3 cm³/mol. The van der Waals surface area contributed by atoms with Crippen molar-refractivity contribution in [2.45, 2.75) is 6.54 Å². The first-order valence-electron chi connectivity index (χ1n) is 4.74. The summed E-state index contributed by atoms with van der Waals surface area (Å²) in [4.78, 5) is 4.06. The Bertz CT molecular complexity index is 502. The standard InChI is InChI=1S/C11H13N3O/c1-2-8-9-7-13-4-3-10(9)14(5-6-15)11(8)12/h2-4,7,15H,1,5-6,12H2. The summed E-state index contributed by atoms with van der Waals surface area (Å²) in [6.45, 7) is 4.28. The third-order valence-corrected chi connectivity index (χ3v) is 2.47. The highest BCUT2D eigenvalue weighted by atomic mass is 16.3. The van der Waals surface area contributed by atoms with Crippen molar-refractivity contribution in [3.05, 3.63) is 30.6 Å². The molecule has 0 saturated heterocycles. The zero-order valence-corrected chi connectivity index (χ0v) is 8.35. The van der Waals surface area contributed by atoms with Crippen LogP contribution in [0.2, 0.25) is 0 Å². The summed E-state index contributed by atoms with van der Waals surface area (Å²) in [6, 6.07) is 1.88. The summed E-state index contributed by atoms with van der Waals surface area (Å²) < 4.78 is 1.87. The van der Waals surface area contributed by atoms with Gasteiger partial charge in [0.2, 0.25) is 0 Å². The Labute approximate surface area is 87.7 Å². The number of aliphatic hydroxyl groups is 1. The van der Waals surface area contributed by atoms with Crippen molar-refractivity contribution >= 4 is 22.8 Å². The van der Waals surface area contributed by atoms with E-state index in [0.29, 0.717) is 12.4 Å². The second-order valence-corrected chi connectivity index (χ2v) is 3.27. The number of rotatable bonds is 3. The molecule has 2 heterocycles. The number of aromatic nitrogens is 2. The molecule has 4 heteroatoms. The van der Waals surface area contributed by atoms with Crippen LogP contribution in [0, 0.1) is 0 Å². The van der Waals surface area contributed by atoms with Crippen LogP contribution in [0.5, 0.6) is 0 Å². The Morgan fingerprint density at radius 2 is 2.40 bits per heavy atom. The Morgan fingerprint density at radius 1 is 1.60 bits per heavy atom. The van der Waals surface area contributed by atoms with E-state index in [0.717, 1.165) is 16.5 Å². The van der Waals surface area contributed by atoms with Gasteiger partial charge < -0.3 is 15.4 Å². The molecule has 0 saturated carbocycles. The van der Waals surface area contributed by atoms with Crippen LogP contribution in [0.3, 0.4) is 0 Å². The summed E-state index contributed by atoms with van der Waals surface area (Å²) in [5.41, 5.74) is 7.82. The molecule has 0 aliphatic carbocycles. The maximum Gasteiger partial charge on any atom is 0.111 e. The fourth-order valence-electron chi connectivity index (χ4n) is 1.80. The molecule has 0 aliphatic heterocycles. The number of pyridine rings is 1. The Hall–Kier alpha value is -1.81. The molecule has 0 atom stereocenters. The average molecular weight is 203 g/mol. The first-order valence-corrected chi connectivity index (χ1v) is 4.74. The van der Waals surface area contributed by atoms with Crippen molar-refractivity contribution in [3.8, 4) is 0 Å². The lowest BCUT2D eigenvalue weighted by Crippen LogP contribution is -2.05. The molecular formula is C11H13N3O. The Balaban J connectivity index is 2.78. The van der Waals surface area contributed by atoms with E-state index in [9.17, 15) is 0 Å². The van der Waals surface area contributed by atoms with Crippen LogP contribution >= 0.6 is 0 Å². The number of fused-ring (bicyclic) bond motifs is 1. The Kier molecular flexibility index (Phi) is 2.43. The van der Waals surface area contributed by atoms with Crippen molar-refractivity contribution in [1.29, 1.82) is 0 Å². The average Bonchev–Trinajstić information content (AvgIpc) is 2.53. The molecular weight excluding hydrogens is 190 g/mol. The topological polar surface area (TPSA) is 64.1 Å². The van der Waals surface area contributed by atoms with Gasteiger partial charge in [-0.3, -0.25) is 4.98 Å². The van der Waals surface area contributed by atoms with Gasteiger partial charge in [-0.05, 0) is 6.07 Å². The van der Waals surface area contributed by atoms with Gasteiger partial charge in [-0.15, -0.1) is 0 Å². The van der Waals surface area contributed by atoms with Crippen LogP contribution in [0.1, 0.15) is 5.56 Å². The lowest BCUT2D eigenvalue weighted by atomic mass is 10.2. The molecule has 0 bridgehead atoms. The molecule has 78 valence electrons. The lowest BCUT2D eigenvalue weighted by Gasteiger charge is -2.04. The van der Waals surface area contributed by atoms with E-state index in [1.807, 2.05) is 10.6 Å². The first-order chi connectivity index (χ1) is 7.29. The molecule has 4 nitrogen and oxygen atoms in total. The molecule has 0 amide bonds. The highest BCUT2D eigenvalue weighted by molar-refractivity contribution is 5.94. The molecule has 0 aliphatic rings. The minimum atomic E-state index is 0.0624. The second kappa shape index (κ2) is 3.74. The maximum atomic E-state index is 8.97. The summed E-state index contributed by atoms with van der Waals surface area (Å²) in [5.74, 6) is 0.627.